The second-order valence-corrected chi connectivity index (χ2v) is 5.05. The molecule has 1 aliphatic heterocycles. The molecule has 1 saturated heterocycles. The van der Waals surface area contributed by atoms with Gasteiger partial charge in [-0.1, -0.05) is 6.07 Å². The highest BCUT2D eigenvalue weighted by molar-refractivity contribution is 5.33. The Labute approximate surface area is 106 Å². The molecule has 1 fully saturated rings. The first-order valence-electron chi connectivity index (χ1n) is 6.08. The number of benzene rings is 1. The van der Waals surface area contributed by atoms with Crippen molar-refractivity contribution in [1.29, 1.82) is 5.26 Å². The Morgan fingerprint density at radius 2 is 2.06 bits per heavy atom. The van der Waals surface area contributed by atoms with Crippen LogP contribution in [0.4, 0.5) is 8.78 Å². The summed E-state index contributed by atoms with van der Waals surface area (Å²) < 4.78 is 28.2. The van der Waals surface area contributed by atoms with Gasteiger partial charge in [-0.3, -0.25) is 0 Å². The molecule has 0 radical (unpaired) electrons. The average molecular weight is 250 g/mol. The summed E-state index contributed by atoms with van der Waals surface area (Å²) in [6, 6.07) is 6.11. The van der Waals surface area contributed by atoms with Crippen molar-refractivity contribution in [2.75, 3.05) is 20.1 Å². The number of nitriles is 1. The predicted molar refractivity (Wildman–Crippen MR) is 65.4 cm³/mol. The number of likely N-dealkylation sites (tertiary alicyclic amines) is 1. The third kappa shape index (κ3) is 2.85. The highest BCUT2D eigenvalue weighted by Gasteiger charge is 2.34. The van der Waals surface area contributed by atoms with Gasteiger partial charge in [0.1, 0.15) is 11.5 Å². The quantitative estimate of drug-likeness (QED) is 0.807. The molecule has 0 unspecified atom stereocenters. The molecule has 1 aromatic rings. The zero-order valence-corrected chi connectivity index (χ0v) is 10.4. The molecule has 0 spiro atoms. The summed E-state index contributed by atoms with van der Waals surface area (Å²) in [5.41, 5.74) is -0.685. The third-order valence-electron chi connectivity index (χ3n) is 3.57. The fourth-order valence-electron chi connectivity index (χ4n) is 2.30. The molecule has 1 aromatic carbocycles. The van der Waals surface area contributed by atoms with Crippen molar-refractivity contribution < 1.29 is 8.78 Å². The summed E-state index contributed by atoms with van der Waals surface area (Å²) >= 11 is 0. The van der Waals surface area contributed by atoms with E-state index in [1.807, 2.05) is 13.1 Å². The van der Waals surface area contributed by atoms with Gasteiger partial charge in [0, 0.05) is 19.5 Å². The maximum absolute atomic E-state index is 14.5. The minimum atomic E-state index is -1.32. The third-order valence-corrected chi connectivity index (χ3v) is 3.57. The van der Waals surface area contributed by atoms with Crippen LogP contribution in [0.15, 0.2) is 18.2 Å². The van der Waals surface area contributed by atoms with Crippen LogP contribution in [0.5, 0.6) is 0 Å². The summed E-state index contributed by atoms with van der Waals surface area (Å²) in [6.07, 6.45) is 0.963. The number of hydrogen-bond donors (Lipinski definition) is 0. The second kappa shape index (κ2) is 5.03. The molecule has 0 amide bonds. The van der Waals surface area contributed by atoms with Gasteiger partial charge in [-0.15, -0.1) is 0 Å². The molecular formula is C14H16F2N2. The van der Waals surface area contributed by atoms with Gasteiger partial charge in [0.2, 0.25) is 0 Å². The molecule has 0 atom stereocenters. The largest absolute Gasteiger partial charge is 0.306 e. The van der Waals surface area contributed by atoms with Crippen molar-refractivity contribution in [2.45, 2.75) is 24.9 Å². The molecule has 0 saturated carbocycles. The normalized spacial score (nSPS) is 19.4. The van der Waals surface area contributed by atoms with Gasteiger partial charge in [-0.25, -0.2) is 8.78 Å². The fraction of sp³-hybridized carbons (Fsp3) is 0.500. The van der Waals surface area contributed by atoms with E-state index < -0.39 is 11.5 Å². The molecule has 18 heavy (non-hydrogen) atoms. The maximum atomic E-state index is 14.5. The zero-order chi connectivity index (χ0) is 13.2. The molecule has 0 N–H and O–H groups in total. The first-order valence-corrected chi connectivity index (χ1v) is 6.08. The van der Waals surface area contributed by atoms with Gasteiger partial charge in [0.05, 0.1) is 11.6 Å². The summed E-state index contributed by atoms with van der Waals surface area (Å²) in [5.74, 6) is -0.481. The first kappa shape index (κ1) is 13.0. The van der Waals surface area contributed by atoms with Crippen LogP contribution in [0.3, 0.4) is 0 Å². The van der Waals surface area contributed by atoms with E-state index in [9.17, 15) is 8.78 Å². The highest BCUT2D eigenvalue weighted by Crippen LogP contribution is 2.30. The Morgan fingerprint density at radius 1 is 1.39 bits per heavy atom. The van der Waals surface area contributed by atoms with Gasteiger partial charge in [-0.2, -0.15) is 5.26 Å². The molecule has 1 heterocycles. The van der Waals surface area contributed by atoms with Crippen molar-refractivity contribution >= 4 is 0 Å². The van der Waals surface area contributed by atoms with Crippen molar-refractivity contribution in [3.8, 4) is 6.07 Å². The Balaban J connectivity index is 2.12. The molecule has 2 rings (SSSR count). The minimum absolute atomic E-state index is 0.0956. The lowest BCUT2D eigenvalue weighted by Gasteiger charge is -2.34. The number of nitrogens with zero attached hydrogens (tertiary/aromatic N) is 2. The Hall–Kier alpha value is -1.47. The predicted octanol–water partition coefficient (Wildman–Crippen LogP) is 2.67. The van der Waals surface area contributed by atoms with Gasteiger partial charge >= 0.3 is 0 Å². The van der Waals surface area contributed by atoms with E-state index in [4.69, 9.17) is 5.26 Å². The Kier molecular flexibility index (Phi) is 3.63. The van der Waals surface area contributed by atoms with E-state index in [0.29, 0.717) is 31.5 Å². The molecule has 0 aliphatic carbocycles. The lowest BCUT2D eigenvalue weighted by molar-refractivity contribution is 0.0690. The van der Waals surface area contributed by atoms with Crippen molar-refractivity contribution in [3.05, 3.63) is 35.1 Å². The zero-order valence-electron chi connectivity index (χ0n) is 10.4. The number of rotatable bonds is 2. The van der Waals surface area contributed by atoms with E-state index in [0.717, 1.165) is 0 Å². The second-order valence-electron chi connectivity index (χ2n) is 5.05. The maximum Gasteiger partial charge on any atom is 0.127 e. The van der Waals surface area contributed by atoms with E-state index in [2.05, 4.69) is 4.90 Å². The van der Waals surface area contributed by atoms with E-state index in [1.54, 1.807) is 0 Å². The standard InChI is InChI=1S/C14H16F2N2/c1-18-6-4-14(16,5-7-18)9-12-3-2-11(10-17)8-13(12)15/h2-3,8H,4-7,9H2,1H3. The summed E-state index contributed by atoms with van der Waals surface area (Å²) in [4.78, 5) is 2.08. The highest BCUT2D eigenvalue weighted by atomic mass is 19.1. The monoisotopic (exact) mass is 250 g/mol. The smallest absolute Gasteiger partial charge is 0.127 e. The average Bonchev–Trinajstić information content (AvgIpc) is 2.36. The van der Waals surface area contributed by atoms with E-state index in [1.165, 1.54) is 18.2 Å². The van der Waals surface area contributed by atoms with Crippen molar-refractivity contribution in [1.82, 2.24) is 4.90 Å². The molecule has 1 aliphatic rings. The van der Waals surface area contributed by atoms with Gasteiger partial charge < -0.3 is 4.90 Å². The summed E-state index contributed by atoms with van der Waals surface area (Å²) in [6.45, 7) is 1.41. The number of piperidine rings is 1. The Morgan fingerprint density at radius 3 is 2.61 bits per heavy atom. The van der Waals surface area contributed by atoms with Crippen LogP contribution in [0.1, 0.15) is 24.0 Å². The molecule has 96 valence electrons. The molecule has 4 heteroatoms. The summed E-state index contributed by atoms with van der Waals surface area (Å²) in [7, 11) is 1.96. The van der Waals surface area contributed by atoms with Crippen LogP contribution < -0.4 is 0 Å². The summed E-state index contributed by atoms with van der Waals surface area (Å²) in [5, 5.41) is 8.66. The van der Waals surface area contributed by atoms with Gasteiger partial charge in [0.25, 0.3) is 0 Å². The van der Waals surface area contributed by atoms with Crippen LogP contribution in [0, 0.1) is 17.1 Å². The van der Waals surface area contributed by atoms with E-state index in [-0.39, 0.29) is 12.0 Å². The lowest BCUT2D eigenvalue weighted by atomic mass is 9.87. The molecular weight excluding hydrogens is 234 g/mol. The van der Waals surface area contributed by atoms with Crippen LogP contribution in [-0.4, -0.2) is 30.7 Å². The van der Waals surface area contributed by atoms with E-state index >= 15 is 0 Å². The van der Waals surface area contributed by atoms with Crippen LogP contribution in [-0.2, 0) is 6.42 Å². The first-order chi connectivity index (χ1) is 8.52. The number of alkyl halides is 1. The van der Waals surface area contributed by atoms with Crippen LogP contribution in [0.25, 0.3) is 0 Å². The van der Waals surface area contributed by atoms with Crippen molar-refractivity contribution in [2.24, 2.45) is 0 Å². The lowest BCUT2D eigenvalue weighted by Crippen LogP contribution is -2.41. The number of halogens is 2. The minimum Gasteiger partial charge on any atom is -0.306 e. The molecule has 2 nitrogen and oxygen atoms in total. The van der Waals surface area contributed by atoms with Gasteiger partial charge in [0.15, 0.2) is 0 Å². The van der Waals surface area contributed by atoms with Crippen LogP contribution in [0.2, 0.25) is 0 Å². The van der Waals surface area contributed by atoms with Crippen LogP contribution >= 0.6 is 0 Å². The Bertz CT molecular complexity index is 471. The number of hydrogen-bond acceptors (Lipinski definition) is 2. The fourth-order valence-corrected chi connectivity index (χ4v) is 2.30. The SMILES string of the molecule is CN1CCC(F)(Cc2ccc(C#N)cc2F)CC1. The topological polar surface area (TPSA) is 27.0 Å². The van der Waals surface area contributed by atoms with Crippen molar-refractivity contribution in [3.63, 3.8) is 0 Å². The molecule has 0 aromatic heterocycles. The van der Waals surface area contributed by atoms with Gasteiger partial charge in [-0.05, 0) is 37.6 Å². The molecule has 0 bridgehead atoms.